The van der Waals surface area contributed by atoms with Crippen LogP contribution in [-0.2, 0) is 19.6 Å². The Labute approximate surface area is 91.6 Å². The van der Waals surface area contributed by atoms with Crippen LogP contribution in [0.2, 0.25) is 0 Å². The molecule has 0 saturated heterocycles. The molecule has 2 N–H and O–H groups in total. The Morgan fingerprint density at radius 2 is 2.06 bits per heavy atom. The van der Waals surface area contributed by atoms with Crippen LogP contribution in [0.3, 0.4) is 0 Å². The Hall–Kier alpha value is -0.800. The van der Waals surface area contributed by atoms with Crippen LogP contribution in [0.15, 0.2) is 0 Å². The minimum Gasteiger partial charge on any atom is -0.480 e. The van der Waals surface area contributed by atoms with Gasteiger partial charge >= 0.3 is 11.7 Å². The molecule has 0 rings (SSSR count). The van der Waals surface area contributed by atoms with Gasteiger partial charge in [-0.15, -0.1) is 0 Å². The first-order valence-electron chi connectivity index (χ1n) is 4.32. The molecule has 0 fully saturated rings. The van der Waals surface area contributed by atoms with Gasteiger partial charge in [-0.05, 0) is 12.8 Å². The zero-order valence-electron chi connectivity index (χ0n) is 8.52. The van der Waals surface area contributed by atoms with Gasteiger partial charge in [-0.25, -0.2) is 8.42 Å². The van der Waals surface area contributed by atoms with Crippen molar-refractivity contribution in [1.82, 2.24) is 4.72 Å². The number of halogens is 2. The number of hydrogen-bond donors (Lipinski definition) is 2. The zero-order valence-corrected chi connectivity index (χ0v) is 9.34. The lowest BCUT2D eigenvalue weighted by molar-refractivity contribution is -0.139. The Balaban J connectivity index is 4.40. The number of methoxy groups -OCH3 is 1. The molecule has 96 valence electrons. The zero-order chi connectivity index (χ0) is 12.8. The lowest BCUT2D eigenvalue weighted by Gasteiger charge is -2.13. The minimum absolute atomic E-state index is 0.116. The molecule has 1 atom stereocenters. The fourth-order valence-corrected chi connectivity index (χ4v) is 1.63. The molecule has 0 radical (unpaired) electrons. The molecule has 0 aliphatic heterocycles. The molecule has 9 heteroatoms. The van der Waals surface area contributed by atoms with Gasteiger partial charge in [0.15, 0.2) is 0 Å². The van der Waals surface area contributed by atoms with E-state index in [0.29, 0.717) is 0 Å². The molecular formula is C7H13F2NO5S. The summed E-state index contributed by atoms with van der Waals surface area (Å²) in [7, 11) is -3.50. The van der Waals surface area contributed by atoms with Gasteiger partial charge in [0, 0.05) is 13.7 Å². The number of nitrogens with one attached hydrogen (secondary N) is 1. The summed E-state index contributed by atoms with van der Waals surface area (Å²) in [5, 5.41) is 8.61. The van der Waals surface area contributed by atoms with E-state index in [1.54, 1.807) is 0 Å². The number of ether oxygens (including phenoxy) is 1. The SMILES string of the molecule is COCCCC(NS(=O)(=O)C(F)F)C(=O)O. The van der Waals surface area contributed by atoms with Crippen molar-refractivity contribution in [3.8, 4) is 0 Å². The number of carboxylic acids is 1. The van der Waals surface area contributed by atoms with Gasteiger partial charge < -0.3 is 9.84 Å². The van der Waals surface area contributed by atoms with Crippen LogP contribution in [0.5, 0.6) is 0 Å². The van der Waals surface area contributed by atoms with Crippen molar-refractivity contribution in [2.24, 2.45) is 0 Å². The molecule has 16 heavy (non-hydrogen) atoms. The molecular weight excluding hydrogens is 248 g/mol. The van der Waals surface area contributed by atoms with Crippen LogP contribution >= 0.6 is 0 Å². The van der Waals surface area contributed by atoms with E-state index in [1.165, 1.54) is 11.8 Å². The normalized spacial score (nSPS) is 14.0. The number of rotatable bonds is 8. The summed E-state index contributed by atoms with van der Waals surface area (Å²) in [4.78, 5) is 10.6. The maximum Gasteiger partial charge on any atom is 0.350 e. The molecule has 0 aliphatic rings. The molecule has 0 spiro atoms. The van der Waals surface area contributed by atoms with Crippen LogP contribution in [0.25, 0.3) is 0 Å². The van der Waals surface area contributed by atoms with E-state index in [1.807, 2.05) is 0 Å². The number of hydrogen-bond acceptors (Lipinski definition) is 4. The van der Waals surface area contributed by atoms with Gasteiger partial charge in [-0.2, -0.15) is 13.5 Å². The molecule has 0 bridgehead atoms. The van der Waals surface area contributed by atoms with Crippen LogP contribution in [0, 0.1) is 0 Å². The molecule has 0 heterocycles. The van der Waals surface area contributed by atoms with Crippen molar-refractivity contribution in [1.29, 1.82) is 0 Å². The summed E-state index contributed by atoms with van der Waals surface area (Å²) in [5.41, 5.74) is 0. The molecule has 0 aromatic carbocycles. The van der Waals surface area contributed by atoms with Crippen molar-refractivity contribution in [3.05, 3.63) is 0 Å². The summed E-state index contributed by atoms with van der Waals surface area (Å²) in [5.74, 6) is -5.14. The lowest BCUT2D eigenvalue weighted by atomic mass is 10.2. The number of carbonyl (C=O) groups is 1. The average molecular weight is 261 g/mol. The van der Waals surface area contributed by atoms with E-state index < -0.39 is 27.8 Å². The summed E-state index contributed by atoms with van der Waals surface area (Å²) in [6.07, 6.45) is 0.133. The number of alkyl halides is 2. The Morgan fingerprint density at radius 1 is 1.50 bits per heavy atom. The predicted octanol–water partition coefficient (Wildman–Crippen LogP) is 0.00820. The van der Waals surface area contributed by atoms with Gasteiger partial charge in [0.05, 0.1) is 0 Å². The van der Waals surface area contributed by atoms with Crippen LogP contribution in [-0.4, -0.2) is 45.0 Å². The second-order valence-electron chi connectivity index (χ2n) is 2.95. The summed E-state index contributed by atoms with van der Waals surface area (Å²) < 4.78 is 51.4. The highest BCUT2D eigenvalue weighted by atomic mass is 32.2. The number of sulfonamides is 1. The summed E-state index contributed by atoms with van der Waals surface area (Å²) in [6, 6.07) is -1.56. The highest BCUT2D eigenvalue weighted by Crippen LogP contribution is 2.06. The molecule has 0 aromatic rings. The van der Waals surface area contributed by atoms with Gasteiger partial charge in [0.1, 0.15) is 6.04 Å². The molecule has 0 saturated carbocycles. The van der Waals surface area contributed by atoms with Gasteiger partial charge in [-0.1, -0.05) is 0 Å². The van der Waals surface area contributed by atoms with E-state index in [-0.39, 0.29) is 19.4 Å². The molecule has 0 aliphatic carbocycles. The molecule has 0 aromatic heterocycles. The van der Waals surface area contributed by atoms with Crippen LogP contribution < -0.4 is 4.72 Å². The number of aliphatic carboxylic acids is 1. The standard InChI is InChI=1S/C7H13F2NO5S/c1-15-4-2-3-5(6(11)12)10-16(13,14)7(8)9/h5,7,10H,2-4H2,1H3,(H,11,12). The Kier molecular flexibility index (Phi) is 6.38. The van der Waals surface area contributed by atoms with Gasteiger partial charge in [0.2, 0.25) is 0 Å². The Bertz CT molecular complexity index is 319. The fraction of sp³-hybridized carbons (Fsp3) is 0.857. The Morgan fingerprint density at radius 3 is 2.44 bits per heavy atom. The van der Waals surface area contributed by atoms with Crippen molar-refractivity contribution >= 4 is 16.0 Å². The van der Waals surface area contributed by atoms with Crippen molar-refractivity contribution in [2.45, 2.75) is 24.6 Å². The third kappa shape index (κ3) is 5.33. The first-order chi connectivity index (χ1) is 7.31. The summed E-state index contributed by atoms with van der Waals surface area (Å²) in [6.45, 7) is 0.222. The minimum atomic E-state index is -4.88. The second kappa shape index (κ2) is 6.71. The van der Waals surface area contributed by atoms with Crippen molar-refractivity contribution in [2.75, 3.05) is 13.7 Å². The maximum absolute atomic E-state index is 12.0. The molecule has 6 nitrogen and oxygen atoms in total. The van der Waals surface area contributed by atoms with Crippen molar-refractivity contribution < 1.29 is 31.8 Å². The quantitative estimate of drug-likeness (QED) is 0.600. The monoisotopic (exact) mass is 261 g/mol. The van der Waals surface area contributed by atoms with Crippen LogP contribution in [0.1, 0.15) is 12.8 Å². The van der Waals surface area contributed by atoms with Gasteiger partial charge in [-0.3, -0.25) is 4.79 Å². The third-order valence-electron chi connectivity index (χ3n) is 1.68. The van der Waals surface area contributed by atoms with E-state index in [2.05, 4.69) is 4.74 Å². The first kappa shape index (κ1) is 15.2. The smallest absolute Gasteiger partial charge is 0.350 e. The topological polar surface area (TPSA) is 92.7 Å². The highest BCUT2D eigenvalue weighted by molar-refractivity contribution is 7.89. The van der Waals surface area contributed by atoms with E-state index >= 15 is 0 Å². The van der Waals surface area contributed by atoms with E-state index in [0.717, 1.165) is 0 Å². The van der Waals surface area contributed by atoms with Crippen LogP contribution in [0.4, 0.5) is 8.78 Å². The summed E-state index contributed by atoms with van der Waals surface area (Å²) >= 11 is 0. The second-order valence-corrected chi connectivity index (χ2v) is 4.63. The van der Waals surface area contributed by atoms with Crippen molar-refractivity contribution in [3.63, 3.8) is 0 Å². The average Bonchev–Trinajstić information content (AvgIpc) is 2.16. The third-order valence-corrected chi connectivity index (χ3v) is 2.76. The number of carboxylic acid groups (broad SMARTS) is 1. The first-order valence-corrected chi connectivity index (χ1v) is 5.87. The molecule has 1 unspecified atom stereocenters. The predicted molar refractivity (Wildman–Crippen MR) is 50.6 cm³/mol. The molecule has 0 amide bonds. The van der Waals surface area contributed by atoms with E-state index in [9.17, 15) is 22.0 Å². The fourth-order valence-electron chi connectivity index (χ4n) is 0.914. The maximum atomic E-state index is 12.0. The largest absolute Gasteiger partial charge is 0.480 e. The van der Waals surface area contributed by atoms with E-state index in [4.69, 9.17) is 5.11 Å². The van der Waals surface area contributed by atoms with Gasteiger partial charge in [0.25, 0.3) is 10.0 Å². The highest BCUT2D eigenvalue weighted by Gasteiger charge is 2.30. The lowest BCUT2D eigenvalue weighted by Crippen LogP contribution is -2.43.